The van der Waals surface area contributed by atoms with Crippen molar-refractivity contribution in [3.05, 3.63) is 0 Å². The van der Waals surface area contributed by atoms with Gasteiger partial charge in [-0.3, -0.25) is 0 Å². The summed E-state index contributed by atoms with van der Waals surface area (Å²) in [4.78, 5) is 2.62. The molecule has 1 rings (SSSR count). The van der Waals surface area contributed by atoms with Crippen molar-refractivity contribution < 1.29 is 5.11 Å². The molecule has 102 valence electrons. The molecule has 1 N–H and O–H groups in total. The molecule has 1 aliphatic rings. The average molecular weight is 241 g/mol. The molecule has 3 unspecified atom stereocenters. The normalized spacial score (nSPS) is 29.8. The minimum absolute atomic E-state index is 0.0521. The largest absolute Gasteiger partial charge is 0.393 e. The summed E-state index contributed by atoms with van der Waals surface area (Å²) in [5, 5.41) is 9.91. The van der Waals surface area contributed by atoms with E-state index in [1.165, 1.54) is 38.6 Å². The minimum atomic E-state index is -0.0521. The Labute approximate surface area is 107 Å². The molecule has 1 saturated carbocycles. The summed E-state index contributed by atoms with van der Waals surface area (Å²) < 4.78 is 0. The van der Waals surface area contributed by atoms with Gasteiger partial charge in [0, 0.05) is 6.04 Å². The van der Waals surface area contributed by atoms with Gasteiger partial charge >= 0.3 is 0 Å². The van der Waals surface area contributed by atoms with E-state index < -0.39 is 0 Å². The Bertz CT molecular complexity index is 195. The van der Waals surface area contributed by atoms with Crippen molar-refractivity contribution in [3.8, 4) is 0 Å². The third-order valence-electron chi connectivity index (χ3n) is 4.26. The van der Waals surface area contributed by atoms with Crippen LogP contribution in [-0.2, 0) is 0 Å². The second kappa shape index (κ2) is 8.10. The average Bonchev–Trinajstić information content (AvgIpc) is 2.33. The first-order valence-corrected chi connectivity index (χ1v) is 7.64. The molecule has 0 radical (unpaired) electrons. The SMILES string of the molecule is CCCCN(CC)C1CC(O)CCC1CCC. The number of hydrogen-bond acceptors (Lipinski definition) is 2. The Morgan fingerprint density at radius 3 is 2.47 bits per heavy atom. The highest BCUT2D eigenvalue weighted by atomic mass is 16.3. The lowest BCUT2D eigenvalue weighted by Crippen LogP contribution is -2.46. The van der Waals surface area contributed by atoms with Crippen LogP contribution in [0.2, 0.25) is 0 Å². The van der Waals surface area contributed by atoms with Crippen LogP contribution in [0.4, 0.5) is 0 Å². The van der Waals surface area contributed by atoms with Gasteiger partial charge in [0.1, 0.15) is 0 Å². The van der Waals surface area contributed by atoms with E-state index >= 15 is 0 Å². The van der Waals surface area contributed by atoms with E-state index in [0.717, 1.165) is 25.3 Å². The third kappa shape index (κ3) is 4.59. The lowest BCUT2D eigenvalue weighted by atomic mass is 9.79. The van der Waals surface area contributed by atoms with E-state index in [1.54, 1.807) is 0 Å². The van der Waals surface area contributed by atoms with E-state index in [2.05, 4.69) is 25.7 Å². The summed E-state index contributed by atoms with van der Waals surface area (Å²) in [6.07, 6.45) is 8.37. The van der Waals surface area contributed by atoms with Crippen LogP contribution in [0.15, 0.2) is 0 Å². The van der Waals surface area contributed by atoms with E-state index in [0.29, 0.717) is 6.04 Å². The predicted molar refractivity (Wildman–Crippen MR) is 74.2 cm³/mol. The molecule has 0 saturated heterocycles. The molecule has 0 aromatic carbocycles. The molecule has 0 heterocycles. The molecular weight excluding hydrogens is 210 g/mol. The molecule has 0 spiro atoms. The van der Waals surface area contributed by atoms with Gasteiger partial charge in [0.2, 0.25) is 0 Å². The predicted octanol–water partition coefficient (Wildman–Crippen LogP) is 3.44. The van der Waals surface area contributed by atoms with Gasteiger partial charge in [-0.1, -0.05) is 33.6 Å². The Hall–Kier alpha value is -0.0800. The molecule has 0 aromatic rings. The van der Waals surface area contributed by atoms with Gasteiger partial charge < -0.3 is 10.0 Å². The van der Waals surface area contributed by atoms with Crippen molar-refractivity contribution >= 4 is 0 Å². The van der Waals surface area contributed by atoms with Crippen molar-refractivity contribution in [1.82, 2.24) is 4.90 Å². The fourth-order valence-corrected chi connectivity index (χ4v) is 3.26. The fraction of sp³-hybridized carbons (Fsp3) is 1.00. The number of aliphatic hydroxyl groups is 1. The highest BCUT2D eigenvalue weighted by Gasteiger charge is 2.32. The van der Waals surface area contributed by atoms with Gasteiger partial charge in [0.25, 0.3) is 0 Å². The molecule has 2 heteroatoms. The molecule has 0 aliphatic heterocycles. The maximum atomic E-state index is 9.91. The van der Waals surface area contributed by atoms with Crippen LogP contribution in [0, 0.1) is 5.92 Å². The molecule has 1 fully saturated rings. The van der Waals surface area contributed by atoms with Gasteiger partial charge in [-0.15, -0.1) is 0 Å². The molecule has 17 heavy (non-hydrogen) atoms. The van der Waals surface area contributed by atoms with E-state index in [4.69, 9.17) is 0 Å². The van der Waals surface area contributed by atoms with Crippen LogP contribution in [0.1, 0.15) is 65.7 Å². The Kier molecular flexibility index (Phi) is 7.14. The first kappa shape index (κ1) is 15.0. The van der Waals surface area contributed by atoms with Crippen LogP contribution in [-0.4, -0.2) is 35.2 Å². The number of rotatable bonds is 7. The van der Waals surface area contributed by atoms with Crippen molar-refractivity contribution in [2.75, 3.05) is 13.1 Å². The Morgan fingerprint density at radius 1 is 1.12 bits per heavy atom. The Balaban J connectivity index is 2.58. The van der Waals surface area contributed by atoms with Gasteiger partial charge in [-0.2, -0.15) is 0 Å². The van der Waals surface area contributed by atoms with E-state index in [9.17, 15) is 5.11 Å². The molecule has 0 aromatic heterocycles. The number of hydrogen-bond donors (Lipinski definition) is 1. The zero-order valence-electron chi connectivity index (χ0n) is 12.0. The topological polar surface area (TPSA) is 23.5 Å². The molecule has 0 amide bonds. The summed E-state index contributed by atoms with van der Waals surface area (Å²) in [6.45, 7) is 9.15. The van der Waals surface area contributed by atoms with Gasteiger partial charge in [0.15, 0.2) is 0 Å². The maximum Gasteiger partial charge on any atom is 0.0555 e. The minimum Gasteiger partial charge on any atom is -0.393 e. The van der Waals surface area contributed by atoms with Gasteiger partial charge in [-0.25, -0.2) is 0 Å². The monoisotopic (exact) mass is 241 g/mol. The Morgan fingerprint density at radius 2 is 1.88 bits per heavy atom. The van der Waals surface area contributed by atoms with Crippen LogP contribution >= 0.6 is 0 Å². The first-order chi connectivity index (χ1) is 8.22. The summed E-state index contributed by atoms with van der Waals surface area (Å²) in [6, 6.07) is 0.634. The van der Waals surface area contributed by atoms with Crippen molar-refractivity contribution in [3.63, 3.8) is 0 Å². The summed E-state index contributed by atoms with van der Waals surface area (Å²) in [7, 11) is 0. The second-order valence-electron chi connectivity index (χ2n) is 5.57. The summed E-state index contributed by atoms with van der Waals surface area (Å²) >= 11 is 0. The van der Waals surface area contributed by atoms with E-state index in [-0.39, 0.29) is 6.10 Å². The lowest BCUT2D eigenvalue weighted by molar-refractivity contribution is 0.0253. The third-order valence-corrected chi connectivity index (χ3v) is 4.26. The standard InChI is InChI=1S/C15H31NO/c1-4-7-11-16(6-3)15-12-14(17)10-9-13(15)8-5-2/h13-15,17H,4-12H2,1-3H3. The zero-order valence-corrected chi connectivity index (χ0v) is 12.0. The molecule has 0 bridgehead atoms. The van der Waals surface area contributed by atoms with Crippen molar-refractivity contribution in [2.45, 2.75) is 77.9 Å². The summed E-state index contributed by atoms with van der Waals surface area (Å²) in [5.74, 6) is 0.820. The van der Waals surface area contributed by atoms with Crippen LogP contribution in [0.5, 0.6) is 0 Å². The van der Waals surface area contributed by atoms with Gasteiger partial charge in [0.05, 0.1) is 6.10 Å². The lowest BCUT2D eigenvalue weighted by Gasteiger charge is -2.41. The molecular formula is C15H31NO. The maximum absolute atomic E-state index is 9.91. The number of unbranched alkanes of at least 4 members (excludes halogenated alkanes) is 1. The highest BCUT2D eigenvalue weighted by molar-refractivity contribution is 4.86. The molecule has 3 atom stereocenters. The van der Waals surface area contributed by atoms with Crippen molar-refractivity contribution in [1.29, 1.82) is 0 Å². The van der Waals surface area contributed by atoms with E-state index in [1.807, 2.05) is 0 Å². The molecule has 2 nitrogen and oxygen atoms in total. The number of nitrogens with zero attached hydrogens (tertiary/aromatic N) is 1. The summed E-state index contributed by atoms with van der Waals surface area (Å²) in [5.41, 5.74) is 0. The number of aliphatic hydroxyl groups excluding tert-OH is 1. The molecule has 1 aliphatic carbocycles. The second-order valence-corrected chi connectivity index (χ2v) is 5.57. The fourth-order valence-electron chi connectivity index (χ4n) is 3.26. The highest BCUT2D eigenvalue weighted by Crippen LogP contribution is 2.32. The van der Waals surface area contributed by atoms with Gasteiger partial charge in [-0.05, 0) is 51.1 Å². The first-order valence-electron chi connectivity index (χ1n) is 7.64. The van der Waals surface area contributed by atoms with Crippen LogP contribution in [0.3, 0.4) is 0 Å². The van der Waals surface area contributed by atoms with Crippen molar-refractivity contribution in [2.24, 2.45) is 5.92 Å². The zero-order chi connectivity index (χ0) is 12.7. The van der Waals surface area contributed by atoms with Crippen LogP contribution < -0.4 is 0 Å². The smallest absolute Gasteiger partial charge is 0.0555 e. The quantitative estimate of drug-likeness (QED) is 0.738. The van der Waals surface area contributed by atoms with Crippen LogP contribution in [0.25, 0.3) is 0 Å².